The highest BCUT2D eigenvalue weighted by Crippen LogP contribution is 2.27. The minimum absolute atomic E-state index is 0. The zero-order chi connectivity index (χ0) is 20.6. The molecule has 0 bridgehead atoms. The summed E-state index contributed by atoms with van der Waals surface area (Å²) in [7, 11) is 0. The summed E-state index contributed by atoms with van der Waals surface area (Å²) in [6.07, 6.45) is 9.49. The van der Waals surface area contributed by atoms with Gasteiger partial charge in [0, 0.05) is 37.6 Å². The van der Waals surface area contributed by atoms with Gasteiger partial charge in [0.2, 0.25) is 5.91 Å². The molecule has 3 rings (SSSR count). The molecule has 0 radical (unpaired) electrons. The van der Waals surface area contributed by atoms with E-state index in [1.54, 1.807) is 0 Å². The van der Waals surface area contributed by atoms with E-state index >= 15 is 0 Å². The van der Waals surface area contributed by atoms with Gasteiger partial charge in [-0.15, -0.1) is 24.0 Å². The first-order chi connectivity index (χ1) is 14.1. The van der Waals surface area contributed by atoms with E-state index in [9.17, 15) is 4.79 Å². The molecular weight excluding hydrogens is 489 g/mol. The smallest absolute Gasteiger partial charge is 0.225 e. The van der Waals surface area contributed by atoms with Gasteiger partial charge in [-0.25, -0.2) is 0 Å². The number of rotatable bonds is 8. The number of halogens is 1. The molecule has 2 unspecified atom stereocenters. The van der Waals surface area contributed by atoms with Crippen LogP contribution in [0.25, 0.3) is 0 Å². The second-order valence-electron chi connectivity index (χ2n) is 9.64. The lowest BCUT2D eigenvalue weighted by Gasteiger charge is -2.28. The highest BCUT2D eigenvalue weighted by molar-refractivity contribution is 14.0. The number of likely N-dealkylation sites (tertiary alicyclic amines) is 2. The summed E-state index contributed by atoms with van der Waals surface area (Å²) in [6, 6.07) is 0.852. The number of aliphatic imine (C=N–C) groups is 1. The van der Waals surface area contributed by atoms with Crippen LogP contribution in [-0.2, 0) is 4.79 Å². The molecule has 2 heterocycles. The molecule has 7 heteroatoms. The monoisotopic (exact) mass is 533 g/mol. The Labute approximate surface area is 201 Å². The molecule has 0 aromatic rings. The van der Waals surface area contributed by atoms with E-state index in [-0.39, 0.29) is 29.9 Å². The Balaban J connectivity index is 0.00000320. The Morgan fingerprint density at radius 2 is 1.77 bits per heavy atom. The van der Waals surface area contributed by atoms with Crippen molar-refractivity contribution in [3.05, 3.63) is 0 Å². The topological polar surface area (TPSA) is 60.0 Å². The van der Waals surface area contributed by atoms with Crippen molar-refractivity contribution in [1.29, 1.82) is 0 Å². The van der Waals surface area contributed by atoms with Crippen LogP contribution in [-0.4, -0.2) is 73.0 Å². The van der Waals surface area contributed by atoms with Crippen LogP contribution in [0.4, 0.5) is 0 Å². The van der Waals surface area contributed by atoms with Gasteiger partial charge < -0.3 is 15.5 Å². The van der Waals surface area contributed by atoms with E-state index in [4.69, 9.17) is 4.99 Å². The summed E-state index contributed by atoms with van der Waals surface area (Å²) in [5, 5.41) is 7.04. The van der Waals surface area contributed by atoms with Gasteiger partial charge in [-0.3, -0.25) is 14.7 Å². The Kier molecular flexibility index (Phi) is 11.2. The zero-order valence-corrected chi connectivity index (χ0v) is 21.7. The average molecular weight is 534 g/mol. The minimum Gasteiger partial charge on any atom is -0.357 e. The van der Waals surface area contributed by atoms with Gasteiger partial charge >= 0.3 is 0 Å². The molecular formula is C23H44IN5O. The number of nitrogens with one attached hydrogen (secondary N) is 2. The van der Waals surface area contributed by atoms with Gasteiger partial charge in [0.15, 0.2) is 5.96 Å². The Hall–Kier alpha value is -0.570. The van der Waals surface area contributed by atoms with Crippen LogP contribution >= 0.6 is 24.0 Å². The first kappa shape index (κ1) is 25.7. The van der Waals surface area contributed by atoms with Gasteiger partial charge in [0.05, 0.1) is 6.54 Å². The number of guanidine groups is 1. The quantitative estimate of drug-likeness (QED) is 0.285. The van der Waals surface area contributed by atoms with Crippen molar-refractivity contribution in [2.45, 2.75) is 84.2 Å². The Morgan fingerprint density at radius 1 is 1.07 bits per heavy atom. The van der Waals surface area contributed by atoms with E-state index in [1.807, 2.05) is 0 Å². The lowest BCUT2D eigenvalue weighted by Crippen LogP contribution is -2.46. The van der Waals surface area contributed by atoms with Gasteiger partial charge in [0.25, 0.3) is 0 Å². The van der Waals surface area contributed by atoms with Crippen LogP contribution in [0, 0.1) is 11.8 Å². The molecule has 1 aliphatic carbocycles. The highest BCUT2D eigenvalue weighted by Gasteiger charge is 2.32. The van der Waals surface area contributed by atoms with E-state index in [0.717, 1.165) is 51.4 Å². The molecule has 0 aromatic carbocycles. The molecule has 1 saturated carbocycles. The van der Waals surface area contributed by atoms with Gasteiger partial charge in [0.1, 0.15) is 0 Å². The fourth-order valence-electron chi connectivity index (χ4n) is 5.21. The van der Waals surface area contributed by atoms with Crippen LogP contribution in [0.5, 0.6) is 0 Å². The predicted octanol–water partition coefficient (Wildman–Crippen LogP) is 3.46. The SMILES string of the molecule is CCNC(=NCC(CC(C)C)N1CCCC1)NC1CCN(C(=O)C2CCCC2)C1.I. The number of amides is 1. The Morgan fingerprint density at radius 3 is 2.40 bits per heavy atom. The number of hydrogen-bond donors (Lipinski definition) is 2. The van der Waals surface area contributed by atoms with E-state index in [1.165, 1.54) is 45.2 Å². The summed E-state index contributed by atoms with van der Waals surface area (Å²) in [4.78, 5) is 22.4. The molecule has 2 saturated heterocycles. The molecule has 0 aromatic heterocycles. The molecule has 3 fully saturated rings. The van der Waals surface area contributed by atoms with E-state index < -0.39 is 0 Å². The normalized spacial score (nSPS) is 24.3. The standard InChI is InChI=1S/C23H43N5O.HI/c1-4-24-23(25-16-21(15-18(2)3)27-12-7-8-13-27)26-20-11-14-28(17-20)22(29)19-9-5-6-10-19;/h18-21H,4-17H2,1-3H3,(H2,24,25,26);1H. The summed E-state index contributed by atoms with van der Waals surface area (Å²) < 4.78 is 0. The molecule has 0 spiro atoms. The number of nitrogens with zero attached hydrogens (tertiary/aromatic N) is 3. The third-order valence-electron chi connectivity index (χ3n) is 6.75. The van der Waals surface area contributed by atoms with Crippen molar-refractivity contribution in [1.82, 2.24) is 20.4 Å². The summed E-state index contributed by atoms with van der Waals surface area (Å²) in [5.41, 5.74) is 0. The van der Waals surface area contributed by atoms with Crippen molar-refractivity contribution in [3.63, 3.8) is 0 Å². The molecule has 1 amide bonds. The second kappa shape index (κ2) is 13.1. The van der Waals surface area contributed by atoms with Crippen molar-refractivity contribution >= 4 is 35.8 Å². The van der Waals surface area contributed by atoms with Crippen molar-refractivity contribution in [2.75, 3.05) is 39.3 Å². The number of carbonyl (C=O) groups is 1. The van der Waals surface area contributed by atoms with E-state index in [2.05, 4.69) is 41.2 Å². The average Bonchev–Trinajstić information content (AvgIpc) is 3.47. The van der Waals surface area contributed by atoms with Crippen LogP contribution in [0.1, 0.15) is 72.1 Å². The van der Waals surface area contributed by atoms with Crippen LogP contribution in [0.15, 0.2) is 4.99 Å². The molecule has 174 valence electrons. The lowest BCUT2D eigenvalue weighted by atomic mass is 10.0. The lowest BCUT2D eigenvalue weighted by molar-refractivity contribution is -0.134. The molecule has 30 heavy (non-hydrogen) atoms. The molecule has 6 nitrogen and oxygen atoms in total. The number of hydrogen-bond acceptors (Lipinski definition) is 3. The molecule has 2 N–H and O–H groups in total. The maximum atomic E-state index is 12.7. The van der Waals surface area contributed by atoms with Crippen LogP contribution in [0.2, 0.25) is 0 Å². The highest BCUT2D eigenvalue weighted by atomic mass is 127. The molecule has 3 aliphatic rings. The Bertz CT molecular complexity index is 544. The largest absolute Gasteiger partial charge is 0.357 e. The van der Waals surface area contributed by atoms with Crippen LogP contribution in [0.3, 0.4) is 0 Å². The van der Waals surface area contributed by atoms with Gasteiger partial charge in [-0.2, -0.15) is 0 Å². The summed E-state index contributed by atoms with van der Waals surface area (Å²) >= 11 is 0. The third kappa shape index (κ3) is 7.53. The summed E-state index contributed by atoms with van der Waals surface area (Å²) in [5.74, 6) is 2.28. The predicted molar refractivity (Wildman–Crippen MR) is 136 cm³/mol. The maximum Gasteiger partial charge on any atom is 0.225 e. The minimum atomic E-state index is 0. The zero-order valence-electron chi connectivity index (χ0n) is 19.4. The number of carbonyl (C=O) groups excluding carboxylic acids is 1. The van der Waals surface area contributed by atoms with Crippen molar-refractivity contribution in [3.8, 4) is 0 Å². The third-order valence-corrected chi connectivity index (χ3v) is 6.75. The van der Waals surface area contributed by atoms with E-state index in [0.29, 0.717) is 23.9 Å². The first-order valence-electron chi connectivity index (χ1n) is 12.1. The van der Waals surface area contributed by atoms with Gasteiger partial charge in [-0.1, -0.05) is 26.7 Å². The van der Waals surface area contributed by atoms with Crippen molar-refractivity contribution < 1.29 is 4.79 Å². The fourth-order valence-corrected chi connectivity index (χ4v) is 5.21. The first-order valence-corrected chi connectivity index (χ1v) is 12.1. The van der Waals surface area contributed by atoms with Gasteiger partial charge in [-0.05, 0) is 64.5 Å². The maximum absolute atomic E-state index is 12.7. The molecule has 2 aliphatic heterocycles. The van der Waals surface area contributed by atoms with Crippen LogP contribution < -0.4 is 10.6 Å². The summed E-state index contributed by atoms with van der Waals surface area (Å²) in [6.45, 7) is 12.6. The van der Waals surface area contributed by atoms with Crippen molar-refractivity contribution in [2.24, 2.45) is 16.8 Å². The fraction of sp³-hybridized carbons (Fsp3) is 0.913. The second-order valence-corrected chi connectivity index (χ2v) is 9.64. The molecule has 2 atom stereocenters.